The summed E-state index contributed by atoms with van der Waals surface area (Å²) >= 11 is 12.7. The van der Waals surface area contributed by atoms with Gasteiger partial charge in [0, 0.05) is 12.2 Å². The molecule has 2 saturated heterocycles. The summed E-state index contributed by atoms with van der Waals surface area (Å²) in [6.07, 6.45) is 2.31. The minimum absolute atomic E-state index is 0.220. The Balaban J connectivity index is 1.64. The topological polar surface area (TPSA) is 93.2 Å². The van der Waals surface area contributed by atoms with Crippen molar-refractivity contribution in [2.24, 2.45) is 0 Å². The lowest BCUT2D eigenvalue weighted by atomic mass is 10.1. The first-order valence-electron chi connectivity index (χ1n) is 10.2. The maximum absolute atomic E-state index is 12.6. The molecule has 2 aliphatic rings. The third kappa shape index (κ3) is 6.32. The molecule has 0 aliphatic carbocycles. The Morgan fingerprint density at radius 3 is 1.47 bits per heavy atom. The molecule has 3 rings (SSSR count). The van der Waals surface area contributed by atoms with Gasteiger partial charge in [-0.3, -0.25) is 19.4 Å². The molecular weight excluding hydrogens is 517 g/mol. The molecule has 12 heteroatoms. The van der Waals surface area contributed by atoms with Crippen LogP contribution < -0.4 is 0 Å². The number of carbonyl (C=O) groups is 4. The number of rotatable bonds is 8. The molecule has 2 amide bonds. The molecule has 8 nitrogen and oxygen atoms in total. The summed E-state index contributed by atoms with van der Waals surface area (Å²) in [5, 5.41) is 0. The van der Waals surface area contributed by atoms with Crippen molar-refractivity contribution in [3.63, 3.8) is 0 Å². The fraction of sp³-hybridized carbons (Fsp3) is 0.273. The van der Waals surface area contributed by atoms with Gasteiger partial charge in [0.1, 0.15) is 8.64 Å². The lowest BCUT2D eigenvalue weighted by molar-refractivity contribution is -0.138. The average Bonchev–Trinajstić information content (AvgIpc) is 3.19. The van der Waals surface area contributed by atoms with Gasteiger partial charge in [-0.05, 0) is 25.0 Å². The van der Waals surface area contributed by atoms with Crippen molar-refractivity contribution in [3.8, 4) is 0 Å². The van der Waals surface area contributed by atoms with Crippen molar-refractivity contribution >= 4 is 80.4 Å². The maximum atomic E-state index is 12.6. The molecule has 2 aliphatic heterocycles. The second-order valence-electron chi connectivity index (χ2n) is 6.86. The van der Waals surface area contributed by atoms with Crippen molar-refractivity contribution in [2.75, 3.05) is 13.2 Å². The number of thioether (sulfide) groups is 2. The number of benzene rings is 1. The summed E-state index contributed by atoms with van der Waals surface area (Å²) < 4.78 is 10.4. The number of hydrogen-bond acceptors (Lipinski definition) is 10. The molecule has 0 spiro atoms. The predicted octanol–water partition coefficient (Wildman–Crippen LogP) is 3.30. The first-order chi connectivity index (χ1) is 16.2. The highest BCUT2D eigenvalue weighted by atomic mass is 32.2. The van der Waals surface area contributed by atoms with Gasteiger partial charge in [0.05, 0.1) is 36.1 Å². The fourth-order valence-corrected chi connectivity index (χ4v) is 5.40. The summed E-state index contributed by atoms with van der Waals surface area (Å²) in [5.74, 6) is -1.86. The highest BCUT2D eigenvalue weighted by molar-refractivity contribution is 8.27. The molecule has 2 fully saturated rings. The summed E-state index contributed by atoms with van der Waals surface area (Å²) in [5.41, 5.74) is 1.65. The van der Waals surface area contributed by atoms with Crippen LogP contribution in [-0.4, -0.2) is 55.4 Å². The van der Waals surface area contributed by atoms with Crippen molar-refractivity contribution in [1.82, 2.24) is 9.80 Å². The Kier molecular flexibility index (Phi) is 9.00. The van der Waals surface area contributed by atoms with E-state index < -0.39 is 11.9 Å². The van der Waals surface area contributed by atoms with Gasteiger partial charge < -0.3 is 9.47 Å². The summed E-state index contributed by atoms with van der Waals surface area (Å²) in [4.78, 5) is 51.8. The van der Waals surface area contributed by atoms with Crippen molar-refractivity contribution in [2.45, 2.75) is 26.9 Å². The largest absolute Gasteiger partial charge is 0.463 e. The van der Waals surface area contributed by atoms with E-state index >= 15 is 0 Å². The number of esters is 2. The van der Waals surface area contributed by atoms with Gasteiger partial charge >= 0.3 is 11.9 Å². The zero-order valence-corrected chi connectivity index (χ0v) is 21.5. The van der Waals surface area contributed by atoms with E-state index in [1.54, 1.807) is 13.8 Å². The number of nitrogens with zero attached hydrogens (tertiary/aromatic N) is 2. The zero-order valence-electron chi connectivity index (χ0n) is 18.3. The summed E-state index contributed by atoms with van der Waals surface area (Å²) in [6.45, 7) is 4.30. The monoisotopic (exact) mass is 536 g/mol. The van der Waals surface area contributed by atoms with Crippen LogP contribution in [0.4, 0.5) is 0 Å². The van der Waals surface area contributed by atoms with Gasteiger partial charge in [0.2, 0.25) is 0 Å². The second-order valence-corrected chi connectivity index (χ2v) is 10.2. The van der Waals surface area contributed by atoms with E-state index in [0.29, 0.717) is 8.64 Å². The van der Waals surface area contributed by atoms with Crippen LogP contribution in [0.3, 0.4) is 0 Å². The number of carbonyl (C=O) groups excluding carboxylic acids is 4. The van der Waals surface area contributed by atoms with Gasteiger partial charge in [0.15, 0.2) is 0 Å². The molecule has 34 heavy (non-hydrogen) atoms. The molecule has 0 aromatic heterocycles. The van der Waals surface area contributed by atoms with Crippen LogP contribution in [0.1, 0.15) is 25.0 Å². The Labute approximate surface area is 215 Å². The van der Waals surface area contributed by atoms with Crippen molar-refractivity contribution < 1.29 is 28.7 Å². The van der Waals surface area contributed by atoms with Gasteiger partial charge in [-0.1, -0.05) is 72.2 Å². The molecule has 2 heterocycles. The standard InChI is InChI=1S/C22H20N2O6S4/c1-3-29-17(25)9-15-19(27)23(21(31)33-15)11-13-5-7-14(8-6-13)12-24-20(28)16(34-22(24)32)10-18(26)30-4-2/h5-10H,3-4,11-12H2,1-2H3/b15-9-,16-10-. The third-order valence-electron chi connectivity index (χ3n) is 4.52. The average molecular weight is 537 g/mol. The maximum Gasteiger partial charge on any atom is 0.332 e. The molecular formula is C22H20N2O6S4. The second kappa shape index (κ2) is 11.7. The van der Waals surface area contributed by atoms with Crippen LogP contribution in [0.2, 0.25) is 0 Å². The smallest absolute Gasteiger partial charge is 0.332 e. The van der Waals surface area contributed by atoms with E-state index in [1.807, 2.05) is 24.3 Å². The van der Waals surface area contributed by atoms with E-state index in [9.17, 15) is 19.2 Å². The van der Waals surface area contributed by atoms with E-state index in [4.69, 9.17) is 33.9 Å². The number of ether oxygens (including phenoxy) is 2. The van der Waals surface area contributed by atoms with Crippen LogP contribution >= 0.6 is 48.0 Å². The first-order valence-corrected chi connectivity index (χ1v) is 12.6. The number of thiocarbonyl (C=S) groups is 2. The molecule has 1 aromatic carbocycles. The van der Waals surface area contributed by atoms with E-state index in [1.165, 1.54) is 9.80 Å². The quantitative estimate of drug-likeness (QED) is 0.280. The zero-order chi connectivity index (χ0) is 24.8. The van der Waals surface area contributed by atoms with Crippen LogP contribution in [0.25, 0.3) is 0 Å². The van der Waals surface area contributed by atoms with E-state index in [-0.39, 0.29) is 47.9 Å². The number of amides is 2. The molecule has 0 N–H and O–H groups in total. The van der Waals surface area contributed by atoms with Crippen molar-refractivity contribution in [1.29, 1.82) is 0 Å². The minimum atomic E-state index is -0.583. The van der Waals surface area contributed by atoms with Gasteiger partial charge in [-0.2, -0.15) is 0 Å². The lowest BCUT2D eigenvalue weighted by Gasteiger charge is -2.16. The van der Waals surface area contributed by atoms with Crippen LogP contribution in [0, 0.1) is 0 Å². The molecule has 1 aromatic rings. The van der Waals surface area contributed by atoms with Crippen LogP contribution in [0.15, 0.2) is 46.2 Å². The molecule has 178 valence electrons. The Bertz CT molecular complexity index is 1030. The number of hydrogen-bond donors (Lipinski definition) is 0. The van der Waals surface area contributed by atoms with Gasteiger partial charge in [-0.25, -0.2) is 9.59 Å². The molecule has 0 radical (unpaired) electrons. The molecule has 0 unspecified atom stereocenters. The molecule has 0 atom stereocenters. The van der Waals surface area contributed by atoms with Crippen LogP contribution in [-0.2, 0) is 41.7 Å². The van der Waals surface area contributed by atoms with Crippen LogP contribution in [0.5, 0.6) is 0 Å². The van der Waals surface area contributed by atoms with Crippen molar-refractivity contribution in [3.05, 3.63) is 57.4 Å². The fourth-order valence-electron chi connectivity index (χ4n) is 2.97. The Morgan fingerprint density at radius 2 is 1.15 bits per heavy atom. The normalized spacial score (nSPS) is 18.4. The minimum Gasteiger partial charge on any atom is -0.463 e. The SMILES string of the molecule is CCOC(=O)/C=C1\SC(=S)N(Cc2ccc(CN3C(=O)/C(=C/C(=O)OCC)SC3=S)cc2)C1=O. The lowest BCUT2D eigenvalue weighted by Crippen LogP contribution is -2.28. The Hall–Kier alpha value is -2.54. The highest BCUT2D eigenvalue weighted by Crippen LogP contribution is 2.33. The van der Waals surface area contributed by atoms with Gasteiger partial charge in [-0.15, -0.1) is 0 Å². The Morgan fingerprint density at radius 1 is 0.794 bits per heavy atom. The third-order valence-corrected chi connectivity index (χ3v) is 7.28. The predicted molar refractivity (Wildman–Crippen MR) is 137 cm³/mol. The van der Waals surface area contributed by atoms with Gasteiger partial charge in [0.25, 0.3) is 11.8 Å². The molecule has 0 bridgehead atoms. The van der Waals surface area contributed by atoms with E-state index in [0.717, 1.165) is 46.8 Å². The first kappa shape index (κ1) is 26.1. The summed E-state index contributed by atoms with van der Waals surface area (Å²) in [6, 6.07) is 7.31. The van der Waals surface area contributed by atoms with E-state index in [2.05, 4.69) is 0 Å². The molecule has 0 saturated carbocycles. The summed E-state index contributed by atoms with van der Waals surface area (Å²) in [7, 11) is 0. The highest BCUT2D eigenvalue weighted by Gasteiger charge is 2.34.